The van der Waals surface area contributed by atoms with Crippen molar-refractivity contribution < 1.29 is 9.32 Å². The van der Waals surface area contributed by atoms with Crippen molar-refractivity contribution in [3.63, 3.8) is 0 Å². The second kappa shape index (κ2) is 7.22. The standard InChI is InChI=1S/C22H20N6O2/c1-13-5-3-4-6-18(13)25-21(29)17-12-24-28(14(17)2)19-10-9-16(11-23-19)22-26-20(27-30-22)15-7-8-15/h3-6,9-12,15H,7-8H2,1-2H3,(H,25,29). The van der Waals surface area contributed by atoms with E-state index in [4.69, 9.17) is 4.52 Å². The number of pyridine rings is 1. The summed E-state index contributed by atoms with van der Waals surface area (Å²) in [5.41, 5.74) is 3.73. The van der Waals surface area contributed by atoms with Crippen LogP contribution in [0.2, 0.25) is 0 Å². The highest BCUT2D eigenvalue weighted by Gasteiger charge is 2.29. The van der Waals surface area contributed by atoms with E-state index in [-0.39, 0.29) is 5.91 Å². The second-order valence-electron chi connectivity index (χ2n) is 7.46. The number of rotatable bonds is 5. The summed E-state index contributed by atoms with van der Waals surface area (Å²) >= 11 is 0. The maximum atomic E-state index is 12.7. The van der Waals surface area contributed by atoms with E-state index >= 15 is 0 Å². The van der Waals surface area contributed by atoms with Gasteiger partial charge >= 0.3 is 0 Å². The number of nitrogens with zero attached hydrogens (tertiary/aromatic N) is 5. The first-order chi connectivity index (χ1) is 14.6. The highest BCUT2D eigenvalue weighted by atomic mass is 16.5. The average Bonchev–Trinajstić information content (AvgIpc) is 3.36. The van der Waals surface area contributed by atoms with E-state index in [1.165, 1.54) is 0 Å². The van der Waals surface area contributed by atoms with Gasteiger partial charge in [0, 0.05) is 17.8 Å². The SMILES string of the molecule is Cc1ccccc1NC(=O)c1cnn(-c2ccc(-c3nc(C4CC4)no3)cn2)c1C. The number of amides is 1. The molecule has 1 saturated carbocycles. The Labute approximate surface area is 173 Å². The summed E-state index contributed by atoms with van der Waals surface area (Å²) in [5.74, 6) is 2.06. The van der Waals surface area contributed by atoms with Gasteiger partial charge in [0.05, 0.1) is 23.0 Å². The number of benzene rings is 1. The molecule has 1 amide bonds. The number of para-hydroxylation sites is 1. The van der Waals surface area contributed by atoms with Gasteiger partial charge in [-0.1, -0.05) is 23.4 Å². The van der Waals surface area contributed by atoms with Crippen molar-refractivity contribution in [2.75, 3.05) is 5.32 Å². The molecule has 1 aromatic carbocycles. The molecule has 0 spiro atoms. The van der Waals surface area contributed by atoms with Gasteiger partial charge in [0.1, 0.15) is 0 Å². The fourth-order valence-corrected chi connectivity index (χ4v) is 3.26. The topological polar surface area (TPSA) is 98.7 Å². The Bertz CT molecular complexity index is 1220. The van der Waals surface area contributed by atoms with Crippen molar-refractivity contribution in [1.82, 2.24) is 24.9 Å². The zero-order chi connectivity index (χ0) is 20.7. The monoisotopic (exact) mass is 400 g/mol. The minimum absolute atomic E-state index is 0.205. The lowest BCUT2D eigenvalue weighted by molar-refractivity contribution is 0.102. The molecule has 3 aromatic heterocycles. The molecule has 1 fully saturated rings. The Morgan fingerprint density at radius 3 is 2.70 bits per heavy atom. The summed E-state index contributed by atoms with van der Waals surface area (Å²) in [7, 11) is 0. The van der Waals surface area contributed by atoms with Crippen molar-refractivity contribution in [2.45, 2.75) is 32.6 Å². The second-order valence-corrected chi connectivity index (χ2v) is 7.46. The van der Waals surface area contributed by atoms with E-state index in [2.05, 4.69) is 25.5 Å². The third kappa shape index (κ3) is 3.36. The summed E-state index contributed by atoms with van der Waals surface area (Å²) in [5, 5.41) is 11.3. The molecule has 8 nitrogen and oxygen atoms in total. The molecule has 150 valence electrons. The predicted octanol–water partition coefficient (Wildman–Crippen LogP) is 4.06. The number of carbonyl (C=O) groups excluding carboxylic acids is 1. The van der Waals surface area contributed by atoms with Gasteiger partial charge in [-0.05, 0) is 50.5 Å². The first-order valence-electron chi connectivity index (χ1n) is 9.82. The number of hydrogen-bond acceptors (Lipinski definition) is 6. The number of hydrogen-bond donors (Lipinski definition) is 1. The molecule has 0 bridgehead atoms. The lowest BCUT2D eigenvalue weighted by Crippen LogP contribution is -2.14. The summed E-state index contributed by atoms with van der Waals surface area (Å²) < 4.78 is 6.99. The molecule has 0 saturated heterocycles. The molecule has 0 radical (unpaired) electrons. The molecule has 1 N–H and O–H groups in total. The van der Waals surface area contributed by atoms with Crippen molar-refractivity contribution >= 4 is 11.6 Å². The van der Waals surface area contributed by atoms with Gasteiger partial charge in [0.25, 0.3) is 11.8 Å². The largest absolute Gasteiger partial charge is 0.334 e. The third-order valence-electron chi connectivity index (χ3n) is 5.24. The molecule has 8 heteroatoms. The smallest absolute Gasteiger partial charge is 0.259 e. The quantitative estimate of drug-likeness (QED) is 0.542. The molecule has 0 atom stereocenters. The first kappa shape index (κ1) is 18.2. The predicted molar refractivity (Wildman–Crippen MR) is 110 cm³/mol. The van der Waals surface area contributed by atoms with Gasteiger partial charge in [-0.15, -0.1) is 0 Å². The van der Waals surface area contributed by atoms with Crippen LogP contribution in [0, 0.1) is 13.8 Å². The fraction of sp³-hybridized carbons (Fsp3) is 0.227. The maximum absolute atomic E-state index is 12.7. The number of aromatic nitrogens is 5. The summed E-state index contributed by atoms with van der Waals surface area (Å²) in [6.07, 6.45) is 5.47. The zero-order valence-corrected chi connectivity index (χ0v) is 16.7. The van der Waals surface area contributed by atoms with Crippen molar-refractivity contribution in [3.05, 3.63) is 71.4 Å². The van der Waals surface area contributed by atoms with Crippen LogP contribution in [0.25, 0.3) is 17.3 Å². The van der Waals surface area contributed by atoms with Crippen LogP contribution < -0.4 is 5.32 Å². The number of anilines is 1. The Kier molecular flexibility index (Phi) is 4.39. The van der Waals surface area contributed by atoms with Crippen LogP contribution in [-0.2, 0) is 0 Å². The van der Waals surface area contributed by atoms with Crippen LogP contribution in [0.15, 0.2) is 53.3 Å². The van der Waals surface area contributed by atoms with Crippen molar-refractivity contribution in [3.8, 4) is 17.3 Å². The molecular weight excluding hydrogens is 380 g/mol. The average molecular weight is 400 g/mol. The summed E-state index contributed by atoms with van der Waals surface area (Å²) in [4.78, 5) is 21.6. The van der Waals surface area contributed by atoms with Gasteiger partial charge in [0.15, 0.2) is 11.6 Å². The summed E-state index contributed by atoms with van der Waals surface area (Å²) in [6.45, 7) is 3.80. The van der Waals surface area contributed by atoms with E-state index < -0.39 is 0 Å². The van der Waals surface area contributed by atoms with E-state index in [0.717, 1.165) is 35.5 Å². The minimum Gasteiger partial charge on any atom is -0.334 e. The van der Waals surface area contributed by atoms with Crippen molar-refractivity contribution in [2.24, 2.45) is 0 Å². The minimum atomic E-state index is -0.205. The highest BCUT2D eigenvalue weighted by molar-refractivity contribution is 6.05. The van der Waals surface area contributed by atoms with Crippen LogP contribution in [-0.4, -0.2) is 30.8 Å². The summed E-state index contributed by atoms with van der Waals surface area (Å²) in [6, 6.07) is 11.3. The van der Waals surface area contributed by atoms with Gasteiger partial charge in [-0.3, -0.25) is 4.79 Å². The molecule has 4 aromatic rings. The van der Waals surface area contributed by atoms with Gasteiger partial charge < -0.3 is 9.84 Å². The van der Waals surface area contributed by atoms with Crippen LogP contribution in [0.5, 0.6) is 0 Å². The lowest BCUT2D eigenvalue weighted by Gasteiger charge is -2.08. The van der Waals surface area contributed by atoms with E-state index in [0.29, 0.717) is 28.9 Å². The van der Waals surface area contributed by atoms with Crippen LogP contribution in [0.4, 0.5) is 5.69 Å². The zero-order valence-electron chi connectivity index (χ0n) is 16.7. The molecule has 0 unspecified atom stereocenters. The molecule has 30 heavy (non-hydrogen) atoms. The Morgan fingerprint density at radius 2 is 1.97 bits per heavy atom. The Hall–Kier alpha value is -3.81. The van der Waals surface area contributed by atoms with E-state index in [1.54, 1.807) is 17.1 Å². The third-order valence-corrected chi connectivity index (χ3v) is 5.24. The Balaban J connectivity index is 1.36. The van der Waals surface area contributed by atoms with Gasteiger partial charge in [-0.2, -0.15) is 10.1 Å². The molecule has 1 aliphatic carbocycles. The first-order valence-corrected chi connectivity index (χ1v) is 9.82. The highest BCUT2D eigenvalue weighted by Crippen LogP contribution is 2.38. The van der Waals surface area contributed by atoms with Gasteiger partial charge in [-0.25, -0.2) is 9.67 Å². The Morgan fingerprint density at radius 1 is 1.13 bits per heavy atom. The molecule has 0 aliphatic heterocycles. The number of nitrogens with one attached hydrogen (secondary N) is 1. The van der Waals surface area contributed by atoms with Crippen molar-refractivity contribution in [1.29, 1.82) is 0 Å². The molecule has 1 aliphatic rings. The normalized spacial score (nSPS) is 13.4. The molecule has 3 heterocycles. The lowest BCUT2D eigenvalue weighted by atomic mass is 10.2. The van der Waals surface area contributed by atoms with E-state index in [9.17, 15) is 4.79 Å². The maximum Gasteiger partial charge on any atom is 0.259 e. The molecule has 5 rings (SSSR count). The van der Waals surface area contributed by atoms with Crippen LogP contribution >= 0.6 is 0 Å². The van der Waals surface area contributed by atoms with E-state index in [1.807, 2.05) is 50.2 Å². The number of aryl methyl sites for hydroxylation is 1. The number of carbonyl (C=O) groups is 1. The fourth-order valence-electron chi connectivity index (χ4n) is 3.26. The van der Waals surface area contributed by atoms with Gasteiger partial charge in [0.2, 0.25) is 0 Å². The van der Waals surface area contributed by atoms with Crippen LogP contribution in [0.1, 0.15) is 46.2 Å². The molecular formula is C22H20N6O2. The van der Waals surface area contributed by atoms with Crippen LogP contribution in [0.3, 0.4) is 0 Å².